The average Bonchev–Trinajstić information content (AvgIpc) is 2.88. The van der Waals surface area contributed by atoms with Gasteiger partial charge in [-0.1, -0.05) is 78.7 Å². The fourth-order valence-corrected chi connectivity index (χ4v) is 4.45. The van der Waals surface area contributed by atoms with E-state index in [4.69, 9.17) is 27.9 Å². The highest BCUT2D eigenvalue weighted by Gasteiger charge is 2.31. The Labute approximate surface area is 223 Å². The molecule has 0 aromatic heterocycles. The Morgan fingerprint density at radius 1 is 0.944 bits per heavy atom. The largest absolute Gasteiger partial charge is 0.497 e. The number of carbonyl (C=O) groups excluding carboxylic acids is 2. The van der Waals surface area contributed by atoms with Crippen LogP contribution in [0.4, 0.5) is 0 Å². The number of rotatable bonds is 11. The van der Waals surface area contributed by atoms with Crippen LogP contribution in [-0.4, -0.2) is 35.9 Å². The van der Waals surface area contributed by atoms with E-state index in [9.17, 15) is 9.59 Å². The van der Waals surface area contributed by atoms with Crippen LogP contribution >= 0.6 is 23.2 Å². The van der Waals surface area contributed by atoms with Crippen LogP contribution in [0, 0.1) is 0 Å². The summed E-state index contributed by atoms with van der Waals surface area (Å²) in [5.74, 6) is 0.237. The van der Waals surface area contributed by atoms with E-state index in [2.05, 4.69) is 5.32 Å². The maximum absolute atomic E-state index is 13.9. The van der Waals surface area contributed by atoms with Crippen LogP contribution in [0.5, 0.6) is 5.75 Å². The van der Waals surface area contributed by atoms with Crippen molar-refractivity contribution in [2.45, 2.75) is 51.7 Å². The fourth-order valence-electron chi connectivity index (χ4n) is 3.92. The van der Waals surface area contributed by atoms with Crippen molar-refractivity contribution < 1.29 is 14.3 Å². The number of amides is 2. The molecule has 0 aliphatic heterocycles. The smallest absolute Gasteiger partial charge is 0.243 e. The molecule has 0 saturated heterocycles. The maximum Gasteiger partial charge on any atom is 0.243 e. The summed E-state index contributed by atoms with van der Waals surface area (Å²) in [6.07, 6.45) is 1.13. The van der Waals surface area contributed by atoms with Crippen LogP contribution in [0.25, 0.3) is 0 Å². The number of benzene rings is 3. The van der Waals surface area contributed by atoms with Gasteiger partial charge in [0.25, 0.3) is 0 Å². The third kappa shape index (κ3) is 7.49. The lowest BCUT2D eigenvalue weighted by molar-refractivity contribution is -0.141. The molecular weight excluding hydrogens is 495 g/mol. The number of nitrogens with one attached hydrogen (secondary N) is 1. The molecule has 1 N–H and O–H groups in total. The summed E-state index contributed by atoms with van der Waals surface area (Å²) in [7, 11) is 1.60. The summed E-state index contributed by atoms with van der Waals surface area (Å²) >= 11 is 12.8. The first-order valence-electron chi connectivity index (χ1n) is 12.0. The summed E-state index contributed by atoms with van der Waals surface area (Å²) in [5.41, 5.74) is 2.35. The molecule has 0 spiro atoms. The summed E-state index contributed by atoms with van der Waals surface area (Å²) < 4.78 is 5.38. The SMILES string of the molecule is CC[C@@H](C)NC(=O)[C@H](Cc1ccccc1)N(Cc1cccc(OC)c1)C(=O)Cc1c(Cl)cccc1Cl. The Bertz CT molecular complexity index is 1150. The molecule has 0 radical (unpaired) electrons. The predicted molar refractivity (Wildman–Crippen MR) is 146 cm³/mol. The summed E-state index contributed by atoms with van der Waals surface area (Å²) in [6.45, 7) is 4.19. The Morgan fingerprint density at radius 3 is 2.22 bits per heavy atom. The van der Waals surface area contributed by atoms with Gasteiger partial charge in [-0.05, 0) is 54.3 Å². The molecule has 3 aromatic carbocycles. The van der Waals surface area contributed by atoms with Crippen molar-refractivity contribution in [2.24, 2.45) is 0 Å². The van der Waals surface area contributed by atoms with Gasteiger partial charge >= 0.3 is 0 Å². The van der Waals surface area contributed by atoms with E-state index in [1.54, 1.807) is 30.2 Å². The van der Waals surface area contributed by atoms with Crippen molar-refractivity contribution in [1.82, 2.24) is 10.2 Å². The number of carbonyl (C=O) groups is 2. The first-order valence-corrected chi connectivity index (χ1v) is 12.8. The van der Waals surface area contributed by atoms with Gasteiger partial charge in [0.1, 0.15) is 11.8 Å². The summed E-state index contributed by atoms with van der Waals surface area (Å²) in [4.78, 5) is 29.1. The summed E-state index contributed by atoms with van der Waals surface area (Å²) in [5, 5.41) is 3.91. The molecule has 0 fully saturated rings. The molecule has 0 heterocycles. The average molecular weight is 527 g/mol. The lowest BCUT2D eigenvalue weighted by atomic mass is 10.0. The van der Waals surface area contributed by atoms with Gasteiger partial charge in [0.15, 0.2) is 0 Å². The van der Waals surface area contributed by atoms with Crippen molar-refractivity contribution in [2.75, 3.05) is 7.11 Å². The Hall–Kier alpha value is -3.02. The highest BCUT2D eigenvalue weighted by molar-refractivity contribution is 6.36. The number of hydrogen-bond acceptors (Lipinski definition) is 3. The standard InChI is InChI=1S/C29H32Cl2N2O3/c1-4-20(2)32-29(35)27(17-21-10-6-5-7-11-21)33(19-22-12-8-13-23(16-22)36-3)28(34)18-24-25(30)14-9-15-26(24)31/h5-16,20,27H,4,17-19H2,1-3H3,(H,32,35)/t20-,27+/m1/s1. The van der Waals surface area contributed by atoms with Gasteiger partial charge in [0.2, 0.25) is 11.8 Å². The fraction of sp³-hybridized carbons (Fsp3) is 0.310. The Balaban J connectivity index is 2.02. The van der Waals surface area contributed by atoms with E-state index in [1.807, 2.05) is 68.4 Å². The monoisotopic (exact) mass is 526 g/mol. The zero-order valence-corrected chi connectivity index (χ0v) is 22.4. The molecule has 3 rings (SSSR count). The minimum atomic E-state index is -0.735. The molecule has 2 atom stereocenters. The van der Waals surface area contributed by atoms with E-state index < -0.39 is 6.04 Å². The third-order valence-electron chi connectivity index (χ3n) is 6.15. The second kappa shape index (κ2) is 13.3. The highest BCUT2D eigenvalue weighted by atomic mass is 35.5. The van der Waals surface area contributed by atoms with E-state index in [1.165, 1.54) is 0 Å². The molecule has 3 aromatic rings. The van der Waals surface area contributed by atoms with E-state index in [0.717, 1.165) is 17.5 Å². The van der Waals surface area contributed by atoms with E-state index in [-0.39, 0.29) is 30.8 Å². The van der Waals surface area contributed by atoms with Crippen molar-refractivity contribution in [3.05, 3.63) is 99.5 Å². The van der Waals surface area contributed by atoms with Crippen LogP contribution in [0.1, 0.15) is 37.0 Å². The molecule has 0 unspecified atom stereocenters. The van der Waals surface area contributed by atoms with Crippen molar-refractivity contribution in [3.63, 3.8) is 0 Å². The highest BCUT2D eigenvalue weighted by Crippen LogP contribution is 2.26. The van der Waals surface area contributed by atoms with Gasteiger partial charge in [-0.2, -0.15) is 0 Å². The molecular formula is C29H32Cl2N2O3. The lowest BCUT2D eigenvalue weighted by Crippen LogP contribution is -2.52. The third-order valence-corrected chi connectivity index (χ3v) is 6.86. The minimum Gasteiger partial charge on any atom is -0.497 e. The van der Waals surface area contributed by atoms with Gasteiger partial charge in [-0.15, -0.1) is 0 Å². The minimum absolute atomic E-state index is 0.0234. The molecule has 7 heteroatoms. The number of hydrogen-bond donors (Lipinski definition) is 1. The van der Waals surface area contributed by atoms with Crippen molar-refractivity contribution in [1.29, 1.82) is 0 Å². The molecule has 190 valence electrons. The zero-order valence-electron chi connectivity index (χ0n) is 20.8. The topological polar surface area (TPSA) is 58.6 Å². The van der Waals surface area contributed by atoms with Crippen LogP contribution in [0.3, 0.4) is 0 Å². The normalized spacial score (nSPS) is 12.5. The Kier molecular flexibility index (Phi) is 10.2. The predicted octanol–water partition coefficient (Wildman–Crippen LogP) is 6.10. The number of nitrogens with zero attached hydrogens (tertiary/aromatic N) is 1. The maximum atomic E-state index is 13.9. The van der Waals surface area contributed by atoms with E-state index in [0.29, 0.717) is 27.8 Å². The first-order chi connectivity index (χ1) is 17.3. The Morgan fingerprint density at radius 2 is 1.58 bits per heavy atom. The van der Waals surface area contributed by atoms with Gasteiger partial charge in [0.05, 0.1) is 13.5 Å². The van der Waals surface area contributed by atoms with Gasteiger partial charge in [-0.25, -0.2) is 0 Å². The lowest BCUT2D eigenvalue weighted by Gasteiger charge is -2.32. The molecule has 2 amide bonds. The van der Waals surface area contributed by atoms with Crippen LogP contribution < -0.4 is 10.1 Å². The summed E-state index contributed by atoms with van der Waals surface area (Å²) in [6, 6.07) is 21.6. The molecule has 5 nitrogen and oxygen atoms in total. The second-order valence-electron chi connectivity index (χ2n) is 8.77. The number of methoxy groups -OCH3 is 1. The van der Waals surface area contributed by atoms with Gasteiger partial charge in [0, 0.05) is 29.1 Å². The van der Waals surface area contributed by atoms with Crippen LogP contribution in [-0.2, 0) is 29.0 Å². The second-order valence-corrected chi connectivity index (χ2v) is 9.59. The van der Waals surface area contributed by atoms with Crippen LogP contribution in [0.15, 0.2) is 72.8 Å². The van der Waals surface area contributed by atoms with E-state index >= 15 is 0 Å². The van der Waals surface area contributed by atoms with Gasteiger partial charge < -0.3 is 15.0 Å². The molecule has 0 aliphatic carbocycles. The molecule has 0 bridgehead atoms. The molecule has 0 aliphatic rings. The van der Waals surface area contributed by atoms with Crippen molar-refractivity contribution >= 4 is 35.0 Å². The zero-order chi connectivity index (χ0) is 26.1. The van der Waals surface area contributed by atoms with Gasteiger partial charge in [-0.3, -0.25) is 9.59 Å². The quantitative estimate of drug-likeness (QED) is 0.328. The molecule has 0 saturated carbocycles. The molecule has 36 heavy (non-hydrogen) atoms. The van der Waals surface area contributed by atoms with Crippen molar-refractivity contribution in [3.8, 4) is 5.75 Å². The van der Waals surface area contributed by atoms with Crippen LogP contribution in [0.2, 0.25) is 10.0 Å². The first kappa shape index (κ1) is 27.6. The number of ether oxygens (including phenoxy) is 1. The number of halogens is 2.